The molecule has 1 fully saturated rings. The zero-order chi connectivity index (χ0) is 13.0. The first kappa shape index (κ1) is 13.8. The highest BCUT2D eigenvalue weighted by Crippen LogP contribution is 2.42. The summed E-state index contributed by atoms with van der Waals surface area (Å²) >= 11 is 3.07. The van der Waals surface area contributed by atoms with E-state index in [1.165, 1.54) is 24.4 Å². The fourth-order valence-electron chi connectivity index (χ4n) is 1.91. The van der Waals surface area contributed by atoms with Crippen molar-refractivity contribution in [1.29, 1.82) is 5.26 Å². The second-order valence-electron chi connectivity index (χ2n) is 4.68. The minimum Gasteiger partial charge on any atom is -0.298 e. The second-order valence-corrected chi connectivity index (χ2v) is 6.65. The normalized spacial score (nSPS) is 18.3. The van der Waals surface area contributed by atoms with Crippen molar-refractivity contribution in [1.82, 2.24) is 14.7 Å². The van der Waals surface area contributed by atoms with Gasteiger partial charge in [-0.25, -0.2) is 4.98 Å². The molecule has 0 spiro atoms. The molecule has 1 aliphatic carbocycles. The Bertz CT molecular complexity index is 436. The van der Waals surface area contributed by atoms with Gasteiger partial charge in [-0.15, -0.1) is 0 Å². The van der Waals surface area contributed by atoms with Gasteiger partial charge in [0.1, 0.15) is 11.4 Å². The van der Waals surface area contributed by atoms with Gasteiger partial charge in [0.05, 0.1) is 6.07 Å². The Balaban J connectivity index is 1.98. The van der Waals surface area contributed by atoms with Crippen LogP contribution in [0.15, 0.2) is 4.34 Å². The van der Waals surface area contributed by atoms with Crippen LogP contribution < -0.4 is 5.32 Å². The lowest BCUT2D eigenvalue weighted by atomic mass is 9.97. The van der Waals surface area contributed by atoms with E-state index in [9.17, 15) is 5.26 Å². The fourth-order valence-corrected chi connectivity index (χ4v) is 3.79. The molecule has 1 heterocycles. The van der Waals surface area contributed by atoms with Crippen molar-refractivity contribution in [3.8, 4) is 6.07 Å². The molecule has 0 saturated heterocycles. The highest BCUT2D eigenvalue weighted by molar-refractivity contribution is 8.01. The standard InChI is InChI=1S/C12H18N4S2/c1-3-6-14-12(7-13,10-4-5-10)8-17-11-15-9(2)16-18-11/h10,14H,3-6,8H2,1-2H3. The van der Waals surface area contributed by atoms with Crippen LogP contribution in [0, 0.1) is 24.2 Å². The number of hydrogen-bond acceptors (Lipinski definition) is 6. The maximum absolute atomic E-state index is 9.54. The van der Waals surface area contributed by atoms with Crippen LogP contribution in [0.5, 0.6) is 0 Å². The number of nitriles is 1. The summed E-state index contributed by atoms with van der Waals surface area (Å²) < 4.78 is 5.14. The van der Waals surface area contributed by atoms with Crippen molar-refractivity contribution in [2.24, 2.45) is 5.92 Å². The number of hydrogen-bond donors (Lipinski definition) is 1. The third-order valence-corrected chi connectivity index (χ3v) is 5.21. The molecule has 1 aromatic rings. The maximum Gasteiger partial charge on any atom is 0.170 e. The lowest BCUT2D eigenvalue weighted by Gasteiger charge is -2.27. The molecule has 0 amide bonds. The lowest BCUT2D eigenvalue weighted by molar-refractivity contribution is 0.405. The Morgan fingerprint density at radius 3 is 2.89 bits per heavy atom. The van der Waals surface area contributed by atoms with Gasteiger partial charge in [-0.1, -0.05) is 18.7 Å². The number of aromatic nitrogens is 2. The summed E-state index contributed by atoms with van der Waals surface area (Å²) in [7, 11) is 0. The average Bonchev–Trinajstić information content (AvgIpc) is 3.14. The summed E-state index contributed by atoms with van der Waals surface area (Å²) in [5.74, 6) is 2.09. The molecule has 4 nitrogen and oxygen atoms in total. The molecule has 18 heavy (non-hydrogen) atoms. The Morgan fingerprint density at radius 1 is 1.61 bits per heavy atom. The first-order chi connectivity index (χ1) is 8.70. The van der Waals surface area contributed by atoms with E-state index in [-0.39, 0.29) is 5.54 Å². The molecule has 98 valence electrons. The molecule has 0 aromatic carbocycles. The van der Waals surface area contributed by atoms with Gasteiger partial charge in [-0.3, -0.25) is 5.32 Å². The van der Waals surface area contributed by atoms with Crippen LogP contribution in [0.2, 0.25) is 0 Å². The molecule has 6 heteroatoms. The van der Waals surface area contributed by atoms with Gasteiger partial charge in [-0.2, -0.15) is 9.64 Å². The second kappa shape index (κ2) is 6.00. The number of thioether (sulfide) groups is 1. The Morgan fingerprint density at radius 2 is 2.39 bits per heavy atom. The largest absolute Gasteiger partial charge is 0.298 e. The minimum atomic E-state index is -0.375. The van der Waals surface area contributed by atoms with Crippen LogP contribution >= 0.6 is 23.3 Å². The molecule has 1 aliphatic rings. The van der Waals surface area contributed by atoms with Crippen LogP contribution in [0.3, 0.4) is 0 Å². The smallest absolute Gasteiger partial charge is 0.170 e. The van der Waals surface area contributed by atoms with Gasteiger partial charge in [0, 0.05) is 5.75 Å². The predicted molar refractivity (Wildman–Crippen MR) is 74.7 cm³/mol. The molecule has 1 N–H and O–H groups in total. The topological polar surface area (TPSA) is 61.6 Å². The van der Waals surface area contributed by atoms with Crippen LogP contribution in [-0.2, 0) is 0 Å². The molecule has 0 bridgehead atoms. The first-order valence-corrected chi connectivity index (χ1v) is 8.05. The molecular weight excluding hydrogens is 264 g/mol. The van der Waals surface area contributed by atoms with Crippen molar-refractivity contribution in [3.05, 3.63) is 5.82 Å². The third-order valence-electron chi connectivity index (χ3n) is 3.10. The van der Waals surface area contributed by atoms with E-state index >= 15 is 0 Å². The fraction of sp³-hybridized carbons (Fsp3) is 0.750. The third kappa shape index (κ3) is 3.22. The highest BCUT2D eigenvalue weighted by Gasteiger charge is 2.45. The van der Waals surface area contributed by atoms with Gasteiger partial charge >= 0.3 is 0 Å². The van der Waals surface area contributed by atoms with Crippen molar-refractivity contribution in [2.75, 3.05) is 12.3 Å². The minimum absolute atomic E-state index is 0.375. The van der Waals surface area contributed by atoms with E-state index in [2.05, 4.69) is 27.7 Å². The monoisotopic (exact) mass is 282 g/mol. The SMILES string of the molecule is CCCNC(C#N)(CSc1nc(C)ns1)C1CC1. The van der Waals surface area contributed by atoms with E-state index in [4.69, 9.17) is 0 Å². The van der Waals surface area contributed by atoms with Crippen LogP contribution in [-0.4, -0.2) is 27.2 Å². The van der Waals surface area contributed by atoms with E-state index in [1.807, 2.05) is 6.92 Å². The summed E-state index contributed by atoms with van der Waals surface area (Å²) in [6.07, 6.45) is 3.39. The Hall–Kier alpha value is -0.640. The molecule has 1 saturated carbocycles. The molecule has 2 rings (SSSR count). The molecule has 1 aromatic heterocycles. The first-order valence-electron chi connectivity index (χ1n) is 6.29. The van der Waals surface area contributed by atoms with E-state index < -0.39 is 0 Å². The Labute approximate surface area is 116 Å². The Kier molecular flexibility index (Phi) is 4.60. The summed E-state index contributed by atoms with van der Waals surface area (Å²) in [5.41, 5.74) is -0.375. The van der Waals surface area contributed by atoms with Crippen molar-refractivity contribution >= 4 is 23.3 Å². The molecule has 1 atom stereocenters. The van der Waals surface area contributed by atoms with Crippen LogP contribution in [0.1, 0.15) is 32.0 Å². The van der Waals surface area contributed by atoms with Crippen molar-refractivity contribution in [2.45, 2.75) is 43.0 Å². The maximum atomic E-state index is 9.54. The lowest BCUT2D eigenvalue weighted by Crippen LogP contribution is -2.48. The predicted octanol–water partition coefficient (Wildman–Crippen LogP) is 2.61. The van der Waals surface area contributed by atoms with E-state index in [1.54, 1.807) is 11.8 Å². The summed E-state index contributed by atoms with van der Waals surface area (Å²) in [6.45, 7) is 4.93. The van der Waals surface area contributed by atoms with Gasteiger partial charge in [0.2, 0.25) is 0 Å². The van der Waals surface area contributed by atoms with Gasteiger partial charge < -0.3 is 0 Å². The highest BCUT2D eigenvalue weighted by atomic mass is 32.2. The summed E-state index contributed by atoms with van der Waals surface area (Å²) in [5, 5.41) is 13.0. The molecule has 1 unspecified atom stereocenters. The van der Waals surface area contributed by atoms with Crippen molar-refractivity contribution in [3.63, 3.8) is 0 Å². The molecule has 0 aliphatic heterocycles. The van der Waals surface area contributed by atoms with Crippen LogP contribution in [0.4, 0.5) is 0 Å². The molecule has 0 radical (unpaired) electrons. The summed E-state index contributed by atoms with van der Waals surface area (Å²) in [6, 6.07) is 2.51. The number of rotatable bonds is 7. The number of nitrogens with one attached hydrogen (secondary N) is 1. The summed E-state index contributed by atoms with van der Waals surface area (Å²) in [4.78, 5) is 4.34. The average molecular weight is 282 g/mol. The van der Waals surface area contributed by atoms with Gasteiger partial charge in [0.25, 0.3) is 0 Å². The van der Waals surface area contributed by atoms with Gasteiger partial charge in [-0.05, 0) is 50.2 Å². The van der Waals surface area contributed by atoms with Crippen molar-refractivity contribution < 1.29 is 0 Å². The zero-order valence-electron chi connectivity index (χ0n) is 10.8. The quantitative estimate of drug-likeness (QED) is 0.779. The molecular formula is C12H18N4S2. The zero-order valence-corrected chi connectivity index (χ0v) is 12.4. The number of nitrogens with zero attached hydrogens (tertiary/aromatic N) is 3. The van der Waals surface area contributed by atoms with Crippen LogP contribution in [0.25, 0.3) is 0 Å². The van der Waals surface area contributed by atoms with E-state index in [0.717, 1.165) is 28.9 Å². The number of aryl methyl sites for hydroxylation is 1. The van der Waals surface area contributed by atoms with Gasteiger partial charge in [0.15, 0.2) is 4.34 Å². The van der Waals surface area contributed by atoms with E-state index in [0.29, 0.717) is 5.92 Å².